The molecule has 2 nitrogen and oxygen atoms in total. The van der Waals surface area contributed by atoms with Gasteiger partial charge >= 0.3 is 5.97 Å². The molecule has 0 radical (unpaired) electrons. The summed E-state index contributed by atoms with van der Waals surface area (Å²) in [6, 6.07) is 0. The fraction of sp³-hybridized carbons (Fsp3) is 0.286. The molecule has 1 aliphatic rings. The predicted molar refractivity (Wildman–Crippen MR) is 33.9 cm³/mol. The summed E-state index contributed by atoms with van der Waals surface area (Å²) in [7, 11) is 0. The highest BCUT2D eigenvalue weighted by Gasteiger charge is 1.98. The van der Waals surface area contributed by atoms with E-state index >= 15 is 0 Å². The van der Waals surface area contributed by atoms with E-state index in [0.29, 0.717) is 6.61 Å². The summed E-state index contributed by atoms with van der Waals surface area (Å²) >= 11 is 0. The Morgan fingerprint density at radius 3 is 3.22 bits per heavy atom. The van der Waals surface area contributed by atoms with E-state index in [0.717, 1.165) is 5.57 Å². The maximum atomic E-state index is 10.6. The van der Waals surface area contributed by atoms with Gasteiger partial charge in [0.15, 0.2) is 0 Å². The zero-order valence-electron chi connectivity index (χ0n) is 5.26. The first kappa shape index (κ1) is 6.08. The van der Waals surface area contributed by atoms with Gasteiger partial charge in [-0.25, -0.2) is 4.79 Å². The molecular formula is C7H8O2. The van der Waals surface area contributed by atoms with Gasteiger partial charge in [0.2, 0.25) is 0 Å². The lowest BCUT2D eigenvalue weighted by Crippen LogP contribution is -1.98. The second-order valence-corrected chi connectivity index (χ2v) is 1.92. The van der Waals surface area contributed by atoms with Crippen molar-refractivity contribution >= 4 is 5.97 Å². The van der Waals surface area contributed by atoms with E-state index in [1.54, 1.807) is 0 Å². The maximum Gasteiger partial charge on any atom is 0.331 e. The third-order valence-corrected chi connectivity index (χ3v) is 1.05. The molecule has 0 aromatic heterocycles. The molecule has 9 heavy (non-hydrogen) atoms. The lowest BCUT2D eigenvalue weighted by atomic mass is 10.3. The highest BCUT2D eigenvalue weighted by atomic mass is 16.5. The van der Waals surface area contributed by atoms with Crippen LogP contribution in [0.15, 0.2) is 23.8 Å². The van der Waals surface area contributed by atoms with Crippen molar-refractivity contribution in [3.8, 4) is 0 Å². The zero-order valence-corrected chi connectivity index (χ0v) is 5.26. The molecule has 0 aromatic rings. The Morgan fingerprint density at radius 2 is 2.44 bits per heavy atom. The van der Waals surface area contributed by atoms with E-state index in [-0.39, 0.29) is 5.97 Å². The van der Waals surface area contributed by atoms with E-state index in [9.17, 15) is 4.79 Å². The van der Waals surface area contributed by atoms with Crippen LogP contribution >= 0.6 is 0 Å². The number of cyclic esters (lactones) is 1. The minimum absolute atomic E-state index is 0.252. The molecule has 0 unspecified atom stereocenters. The average molecular weight is 124 g/mol. The van der Waals surface area contributed by atoms with Crippen molar-refractivity contribution in [2.24, 2.45) is 0 Å². The summed E-state index contributed by atoms with van der Waals surface area (Å²) in [5.74, 6) is -0.252. The van der Waals surface area contributed by atoms with Crippen LogP contribution in [-0.2, 0) is 9.53 Å². The molecule has 0 saturated heterocycles. The molecule has 0 bridgehead atoms. The Labute approximate surface area is 53.8 Å². The number of hydrogen-bond acceptors (Lipinski definition) is 2. The Hall–Kier alpha value is -1.05. The molecular weight excluding hydrogens is 116 g/mol. The number of carbonyl (C=O) groups is 1. The van der Waals surface area contributed by atoms with Gasteiger partial charge in [0.1, 0.15) is 6.61 Å². The summed E-state index contributed by atoms with van der Waals surface area (Å²) in [4.78, 5) is 10.6. The van der Waals surface area contributed by atoms with E-state index in [1.807, 2.05) is 19.1 Å². The van der Waals surface area contributed by atoms with Crippen LogP contribution in [0.4, 0.5) is 0 Å². The SMILES string of the molecule is CC1=CC(=O)OCC=C1. The molecule has 0 amide bonds. The van der Waals surface area contributed by atoms with E-state index in [4.69, 9.17) is 0 Å². The molecule has 0 aromatic carbocycles. The highest BCUT2D eigenvalue weighted by molar-refractivity contribution is 5.83. The summed E-state index contributed by atoms with van der Waals surface area (Å²) < 4.78 is 4.67. The fourth-order valence-corrected chi connectivity index (χ4v) is 0.640. The van der Waals surface area contributed by atoms with Gasteiger partial charge in [-0.05, 0) is 18.6 Å². The summed E-state index contributed by atoms with van der Waals surface area (Å²) in [6.45, 7) is 2.26. The molecule has 0 aliphatic carbocycles. The van der Waals surface area contributed by atoms with Crippen molar-refractivity contribution in [2.45, 2.75) is 6.92 Å². The third-order valence-electron chi connectivity index (χ3n) is 1.05. The van der Waals surface area contributed by atoms with Crippen LogP contribution in [-0.4, -0.2) is 12.6 Å². The monoisotopic (exact) mass is 124 g/mol. The molecule has 0 atom stereocenters. The first-order chi connectivity index (χ1) is 4.29. The van der Waals surface area contributed by atoms with Crippen molar-refractivity contribution < 1.29 is 9.53 Å². The van der Waals surface area contributed by atoms with Crippen molar-refractivity contribution in [1.29, 1.82) is 0 Å². The van der Waals surface area contributed by atoms with E-state index < -0.39 is 0 Å². The van der Waals surface area contributed by atoms with Gasteiger partial charge in [0, 0.05) is 6.08 Å². The molecule has 2 heteroatoms. The number of hydrogen-bond donors (Lipinski definition) is 0. The van der Waals surface area contributed by atoms with Crippen molar-refractivity contribution in [3.05, 3.63) is 23.8 Å². The lowest BCUT2D eigenvalue weighted by molar-refractivity contribution is -0.136. The minimum atomic E-state index is -0.252. The summed E-state index contributed by atoms with van der Waals surface area (Å²) in [6.07, 6.45) is 5.16. The Morgan fingerprint density at radius 1 is 1.67 bits per heavy atom. The Balaban J connectivity index is 2.74. The van der Waals surface area contributed by atoms with E-state index in [1.165, 1.54) is 6.08 Å². The molecule has 0 fully saturated rings. The normalized spacial score (nSPS) is 18.3. The second kappa shape index (κ2) is 2.49. The van der Waals surface area contributed by atoms with Crippen LogP contribution in [0, 0.1) is 0 Å². The molecule has 1 rings (SSSR count). The van der Waals surface area contributed by atoms with Crippen molar-refractivity contribution in [2.75, 3.05) is 6.61 Å². The van der Waals surface area contributed by atoms with Gasteiger partial charge in [0.25, 0.3) is 0 Å². The number of ether oxygens (including phenoxy) is 1. The van der Waals surface area contributed by atoms with Gasteiger partial charge in [-0.15, -0.1) is 0 Å². The standard InChI is InChI=1S/C7H8O2/c1-6-3-2-4-9-7(8)5-6/h2-3,5H,4H2,1H3. The number of rotatable bonds is 0. The molecule has 0 N–H and O–H groups in total. The van der Waals surface area contributed by atoms with Crippen LogP contribution in [0.2, 0.25) is 0 Å². The fourth-order valence-electron chi connectivity index (χ4n) is 0.640. The maximum absolute atomic E-state index is 10.6. The van der Waals surface area contributed by atoms with Gasteiger partial charge in [-0.3, -0.25) is 0 Å². The van der Waals surface area contributed by atoms with Gasteiger partial charge in [0.05, 0.1) is 0 Å². The van der Waals surface area contributed by atoms with Crippen LogP contribution in [0.3, 0.4) is 0 Å². The van der Waals surface area contributed by atoms with E-state index in [2.05, 4.69) is 4.74 Å². The molecule has 0 saturated carbocycles. The smallest absolute Gasteiger partial charge is 0.331 e. The number of allylic oxidation sites excluding steroid dienone is 2. The van der Waals surface area contributed by atoms with Crippen LogP contribution in [0.1, 0.15) is 6.92 Å². The molecule has 1 aliphatic heterocycles. The quantitative estimate of drug-likeness (QED) is 0.451. The van der Waals surface area contributed by atoms with Crippen molar-refractivity contribution in [3.63, 3.8) is 0 Å². The second-order valence-electron chi connectivity index (χ2n) is 1.92. The Kier molecular flexibility index (Phi) is 1.68. The summed E-state index contributed by atoms with van der Waals surface area (Å²) in [5.41, 5.74) is 0.942. The van der Waals surface area contributed by atoms with Crippen LogP contribution in [0.25, 0.3) is 0 Å². The number of esters is 1. The third kappa shape index (κ3) is 1.72. The molecule has 0 spiro atoms. The minimum Gasteiger partial charge on any atom is -0.458 e. The first-order valence-corrected chi connectivity index (χ1v) is 2.80. The highest BCUT2D eigenvalue weighted by Crippen LogP contribution is 1.99. The van der Waals surface area contributed by atoms with Crippen LogP contribution < -0.4 is 0 Å². The van der Waals surface area contributed by atoms with Gasteiger partial charge < -0.3 is 4.74 Å². The largest absolute Gasteiger partial charge is 0.458 e. The Bertz CT molecular complexity index is 177. The van der Waals surface area contributed by atoms with Crippen LogP contribution in [0.5, 0.6) is 0 Å². The van der Waals surface area contributed by atoms with Gasteiger partial charge in [-0.1, -0.05) is 6.08 Å². The molecule has 1 heterocycles. The first-order valence-electron chi connectivity index (χ1n) is 2.80. The predicted octanol–water partition coefficient (Wildman–Crippen LogP) is 1.05. The topological polar surface area (TPSA) is 26.3 Å². The van der Waals surface area contributed by atoms with Crippen molar-refractivity contribution in [1.82, 2.24) is 0 Å². The average Bonchev–Trinajstić information content (AvgIpc) is 1.93. The number of carbonyl (C=O) groups excluding carboxylic acids is 1. The zero-order chi connectivity index (χ0) is 6.69. The lowest BCUT2D eigenvalue weighted by Gasteiger charge is -1.91. The van der Waals surface area contributed by atoms with Gasteiger partial charge in [-0.2, -0.15) is 0 Å². The summed E-state index contributed by atoms with van der Waals surface area (Å²) in [5, 5.41) is 0. The molecule has 48 valence electrons.